The molecule has 0 radical (unpaired) electrons. The van der Waals surface area contributed by atoms with Crippen LogP contribution in [0.5, 0.6) is 5.75 Å². The number of ether oxygens (including phenoxy) is 2. The van der Waals surface area contributed by atoms with Gasteiger partial charge in [0, 0.05) is 31.7 Å². The van der Waals surface area contributed by atoms with Crippen molar-refractivity contribution in [2.75, 3.05) is 39.4 Å². The summed E-state index contributed by atoms with van der Waals surface area (Å²) in [5.41, 5.74) is 2.66. The van der Waals surface area contributed by atoms with Gasteiger partial charge in [0.15, 0.2) is 0 Å². The Morgan fingerprint density at radius 1 is 1.03 bits per heavy atom. The van der Waals surface area contributed by atoms with Gasteiger partial charge in [0.05, 0.1) is 25.1 Å². The summed E-state index contributed by atoms with van der Waals surface area (Å²) in [7, 11) is 0. The molecule has 1 amide bonds. The molecule has 37 heavy (non-hydrogen) atoms. The third-order valence-electron chi connectivity index (χ3n) is 6.73. The molecule has 0 unspecified atom stereocenters. The molecule has 1 atom stereocenters. The molecule has 2 aliphatic rings. The molecule has 192 valence electrons. The minimum atomic E-state index is -0.798. The van der Waals surface area contributed by atoms with E-state index >= 15 is 0 Å². The van der Waals surface area contributed by atoms with Gasteiger partial charge >= 0.3 is 0 Å². The summed E-state index contributed by atoms with van der Waals surface area (Å²) in [4.78, 5) is 29.9. The number of benzene rings is 2. The van der Waals surface area contributed by atoms with E-state index in [2.05, 4.69) is 11.0 Å². The molecular formula is C29H30N2O6. The minimum Gasteiger partial charge on any atom is -0.507 e. The lowest BCUT2D eigenvalue weighted by Crippen LogP contribution is -2.42. The van der Waals surface area contributed by atoms with E-state index < -0.39 is 17.7 Å². The van der Waals surface area contributed by atoms with Crippen LogP contribution in [-0.4, -0.2) is 66.0 Å². The Hall–Kier alpha value is -3.88. The maximum absolute atomic E-state index is 13.1. The molecule has 0 saturated carbocycles. The molecule has 3 heterocycles. The van der Waals surface area contributed by atoms with Crippen LogP contribution in [0, 0.1) is 6.92 Å². The van der Waals surface area contributed by atoms with Crippen LogP contribution in [0.1, 0.15) is 28.5 Å². The number of aliphatic hydroxyl groups is 1. The Balaban J connectivity index is 1.37. The lowest BCUT2D eigenvalue weighted by molar-refractivity contribution is -0.140. The van der Waals surface area contributed by atoms with Crippen LogP contribution >= 0.6 is 0 Å². The number of hydrogen-bond donors (Lipinski definition) is 1. The first kappa shape index (κ1) is 24.8. The molecule has 2 aliphatic heterocycles. The molecule has 0 spiro atoms. The topological polar surface area (TPSA) is 92.5 Å². The molecule has 2 aromatic carbocycles. The van der Waals surface area contributed by atoms with Gasteiger partial charge in [0.1, 0.15) is 29.9 Å². The van der Waals surface area contributed by atoms with Crippen molar-refractivity contribution < 1.29 is 28.6 Å². The van der Waals surface area contributed by atoms with Crippen LogP contribution in [0.25, 0.3) is 5.76 Å². The highest BCUT2D eigenvalue weighted by Gasteiger charge is 2.47. The number of likely N-dealkylation sites (tertiary alicyclic amines) is 1. The van der Waals surface area contributed by atoms with Crippen molar-refractivity contribution in [1.82, 2.24) is 9.80 Å². The molecular weight excluding hydrogens is 472 g/mol. The summed E-state index contributed by atoms with van der Waals surface area (Å²) in [6.45, 7) is 6.21. The number of carbonyl (C=O) groups excluding carboxylic acids is 2. The van der Waals surface area contributed by atoms with Crippen molar-refractivity contribution in [1.29, 1.82) is 0 Å². The highest BCUT2D eigenvalue weighted by Crippen LogP contribution is 2.39. The van der Waals surface area contributed by atoms with E-state index in [1.54, 1.807) is 36.4 Å². The van der Waals surface area contributed by atoms with Crippen molar-refractivity contribution in [3.63, 3.8) is 0 Å². The number of furan rings is 1. The van der Waals surface area contributed by atoms with Crippen molar-refractivity contribution >= 4 is 17.4 Å². The second-order valence-corrected chi connectivity index (χ2v) is 9.26. The Bertz CT molecular complexity index is 1280. The second kappa shape index (κ2) is 11.0. The van der Waals surface area contributed by atoms with E-state index in [0.29, 0.717) is 50.0 Å². The third-order valence-corrected chi connectivity index (χ3v) is 6.73. The number of aliphatic hydroxyl groups excluding tert-OH is 1. The maximum Gasteiger partial charge on any atom is 0.295 e. The van der Waals surface area contributed by atoms with E-state index in [4.69, 9.17) is 13.9 Å². The Morgan fingerprint density at radius 2 is 1.81 bits per heavy atom. The minimum absolute atomic E-state index is 0.0235. The molecule has 5 rings (SSSR count). The molecule has 3 aromatic rings. The fraction of sp³-hybridized carbons (Fsp3) is 0.310. The predicted octanol–water partition coefficient (Wildman–Crippen LogP) is 3.92. The largest absolute Gasteiger partial charge is 0.507 e. The standard InChI is InChI=1S/C29H30N2O6/c1-20-4-2-5-21(18-20)19-37-23-9-7-22(8-10-23)27(32)25-26(24-6-3-15-36-24)31(29(34)28(25)33)12-11-30-13-16-35-17-14-30/h2-10,15,18,26,32H,11-14,16-17,19H2,1H3/t26-/m0/s1. The summed E-state index contributed by atoms with van der Waals surface area (Å²) >= 11 is 0. The van der Waals surface area contributed by atoms with Crippen LogP contribution in [0.4, 0.5) is 0 Å². The molecule has 0 bridgehead atoms. The lowest BCUT2D eigenvalue weighted by atomic mass is 9.99. The highest BCUT2D eigenvalue weighted by molar-refractivity contribution is 6.46. The molecule has 0 aliphatic carbocycles. The molecule has 2 fully saturated rings. The predicted molar refractivity (Wildman–Crippen MR) is 137 cm³/mol. The van der Waals surface area contributed by atoms with Gasteiger partial charge in [0.2, 0.25) is 0 Å². The van der Waals surface area contributed by atoms with E-state index in [1.165, 1.54) is 11.2 Å². The summed E-state index contributed by atoms with van der Waals surface area (Å²) < 4.78 is 16.9. The molecule has 2 saturated heterocycles. The van der Waals surface area contributed by atoms with Crippen LogP contribution in [0.15, 0.2) is 76.9 Å². The van der Waals surface area contributed by atoms with Crippen LogP contribution in [0.3, 0.4) is 0 Å². The number of aryl methyl sites for hydroxylation is 1. The first-order valence-electron chi connectivity index (χ1n) is 12.4. The average molecular weight is 503 g/mol. The van der Waals surface area contributed by atoms with Gasteiger partial charge in [-0.15, -0.1) is 0 Å². The van der Waals surface area contributed by atoms with Gasteiger partial charge in [-0.25, -0.2) is 0 Å². The van der Waals surface area contributed by atoms with Crippen molar-refractivity contribution in [2.45, 2.75) is 19.6 Å². The molecule has 8 heteroatoms. The normalized spacial score (nSPS) is 19.9. The highest BCUT2D eigenvalue weighted by atomic mass is 16.5. The van der Waals surface area contributed by atoms with Gasteiger partial charge in [-0.3, -0.25) is 14.5 Å². The van der Waals surface area contributed by atoms with Gasteiger partial charge in [-0.1, -0.05) is 29.8 Å². The second-order valence-electron chi connectivity index (χ2n) is 9.26. The summed E-state index contributed by atoms with van der Waals surface area (Å²) in [5.74, 6) is -0.540. The number of rotatable bonds is 8. The Kier molecular flexibility index (Phi) is 7.39. The van der Waals surface area contributed by atoms with E-state index in [9.17, 15) is 14.7 Å². The molecule has 1 aromatic heterocycles. The van der Waals surface area contributed by atoms with Gasteiger partial charge < -0.3 is 23.9 Å². The Labute approximate surface area is 215 Å². The number of Topliss-reactive ketones (excluding diaryl/α,β-unsaturated/α-hetero) is 1. The van der Waals surface area contributed by atoms with Crippen LogP contribution in [0.2, 0.25) is 0 Å². The SMILES string of the molecule is Cc1cccc(COc2ccc(C(O)=C3C(=O)C(=O)N(CCN4CCOCC4)[C@H]3c3ccco3)cc2)c1. The number of morpholine rings is 1. The molecule has 8 nitrogen and oxygen atoms in total. The fourth-order valence-electron chi connectivity index (χ4n) is 4.76. The van der Waals surface area contributed by atoms with Crippen LogP contribution in [-0.2, 0) is 20.9 Å². The zero-order valence-electron chi connectivity index (χ0n) is 20.8. The third kappa shape index (κ3) is 5.45. The van der Waals surface area contributed by atoms with E-state index in [-0.39, 0.29) is 11.3 Å². The number of amides is 1. The average Bonchev–Trinajstić information content (AvgIpc) is 3.54. The number of carbonyl (C=O) groups is 2. The van der Waals surface area contributed by atoms with Crippen LogP contribution < -0.4 is 4.74 Å². The number of nitrogens with zero attached hydrogens (tertiary/aromatic N) is 2. The maximum atomic E-state index is 13.1. The zero-order valence-corrected chi connectivity index (χ0v) is 20.8. The summed E-state index contributed by atoms with van der Waals surface area (Å²) in [6, 6.07) is 17.5. The van der Waals surface area contributed by atoms with E-state index in [1.807, 2.05) is 25.1 Å². The Morgan fingerprint density at radius 3 is 2.51 bits per heavy atom. The molecule has 1 N–H and O–H groups in total. The zero-order chi connectivity index (χ0) is 25.8. The summed E-state index contributed by atoms with van der Waals surface area (Å²) in [5, 5.41) is 11.2. The monoisotopic (exact) mass is 502 g/mol. The number of hydrogen-bond acceptors (Lipinski definition) is 7. The van der Waals surface area contributed by atoms with Gasteiger partial charge in [0.25, 0.3) is 11.7 Å². The van der Waals surface area contributed by atoms with Crippen molar-refractivity contribution in [3.8, 4) is 5.75 Å². The quantitative estimate of drug-likeness (QED) is 0.284. The fourth-order valence-corrected chi connectivity index (χ4v) is 4.76. The first-order chi connectivity index (χ1) is 18.0. The lowest BCUT2D eigenvalue weighted by Gasteiger charge is -2.30. The van der Waals surface area contributed by atoms with Gasteiger partial charge in [-0.05, 0) is 48.9 Å². The van der Waals surface area contributed by atoms with Crippen molar-refractivity contribution in [2.24, 2.45) is 0 Å². The summed E-state index contributed by atoms with van der Waals surface area (Å²) in [6.07, 6.45) is 1.50. The van der Waals surface area contributed by atoms with Gasteiger partial charge in [-0.2, -0.15) is 0 Å². The smallest absolute Gasteiger partial charge is 0.295 e. The van der Waals surface area contributed by atoms with E-state index in [0.717, 1.165) is 24.2 Å². The number of ketones is 1. The first-order valence-corrected chi connectivity index (χ1v) is 12.4. The van der Waals surface area contributed by atoms with Crippen molar-refractivity contribution in [3.05, 3.63) is 95.0 Å².